The van der Waals surface area contributed by atoms with Gasteiger partial charge in [0.05, 0.1) is 19.3 Å². The molecule has 1 aromatic heterocycles. The lowest BCUT2D eigenvalue weighted by Gasteiger charge is -2.36. The Hall–Kier alpha value is -3.59. The van der Waals surface area contributed by atoms with Gasteiger partial charge in [0.1, 0.15) is 16.5 Å². The fourth-order valence-corrected chi connectivity index (χ4v) is 4.80. The fourth-order valence-electron chi connectivity index (χ4n) is 4.04. The van der Waals surface area contributed by atoms with Crippen molar-refractivity contribution in [3.05, 3.63) is 70.7 Å². The molecule has 1 aliphatic rings. The van der Waals surface area contributed by atoms with Crippen molar-refractivity contribution in [2.75, 3.05) is 43.5 Å². The number of rotatable bonds is 7. The number of amides is 3. The quantitative estimate of drug-likeness (QED) is 0.522. The zero-order valence-corrected chi connectivity index (χ0v) is 21.1. The maximum atomic E-state index is 13.1. The minimum absolute atomic E-state index is 0.0233. The number of hydrogen-bond acceptors (Lipinski definition) is 6. The van der Waals surface area contributed by atoms with E-state index in [1.165, 1.54) is 11.3 Å². The summed E-state index contributed by atoms with van der Waals surface area (Å²) >= 11 is 1.41. The molecule has 4 rings (SSSR count). The van der Waals surface area contributed by atoms with Gasteiger partial charge in [-0.25, -0.2) is 9.78 Å². The number of methoxy groups -OCH3 is 1. The predicted molar refractivity (Wildman–Crippen MR) is 139 cm³/mol. The van der Waals surface area contributed by atoms with Gasteiger partial charge in [-0.1, -0.05) is 30.3 Å². The van der Waals surface area contributed by atoms with Crippen molar-refractivity contribution in [1.82, 2.24) is 14.8 Å². The highest BCUT2D eigenvalue weighted by atomic mass is 32.1. The van der Waals surface area contributed by atoms with Crippen LogP contribution in [-0.2, 0) is 6.54 Å². The highest BCUT2D eigenvalue weighted by molar-refractivity contribution is 7.09. The Morgan fingerprint density at radius 2 is 1.74 bits per heavy atom. The van der Waals surface area contributed by atoms with Crippen molar-refractivity contribution in [2.24, 2.45) is 0 Å². The van der Waals surface area contributed by atoms with Gasteiger partial charge in [-0.3, -0.25) is 4.79 Å². The molecule has 0 unspecified atom stereocenters. The molecule has 35 heavy (non-hydrogen) atoms. The van der Waals surface area contributed by atoms with Crippen LogP contribution in [0.3, 0.4) is 0 Å². The molecule has 1 fully saturated rings. The van der Waals surface area contributed by atoms with Gasteiger partial charge >= 0.3 is 6.03 Å². The second kappa shape index (κ2) is 11.2. The van der Waals surface area contributed by atoms with Crippen LogP contribution in [0.1, 0.15) is 29.3 Å². The standard InChI is InChI=1S/C26H31N5O3S/c1-19(2)31(26(33)27-20-9-5-4-6-10-20)17-24-28-21(18-35-24)25(32)30-15-13-29(14-16-30)22-11-7-8-12-23(22)34-3/h4-12,18-19H,13-17H2,1-3H3,(H,27,33). The zero-order chi connectivity index (χ0) is 24.8. The van der Waals surface area contributed by atoms with Gasteiger partial charge in [-0.15, -0.1) is 11.3 Å². The van der Waals surface area contributed by atoms with Crippen LogP contribution >= 0.6 is 11.3 Å². The third kappa shape index (κ3) is 5.92. The van der Waals surface area contributed by atoms with Crippen molar-refractivity contribution in [1.29, 1.82) is 0 Å². The summed E-state index contributed by atoms with van der Waals surface area (Å²) in [6.45, 7) is 6.95. The number of thiazole rings is 1. The number of nitrogens with one attached hydrogen (secondary N) is 1. The van der Waals surface area contributed by atoms with E-state index in [0.29, 0.717) is 25.3 Å². The minimum atomic E-state index is -0.193. The molecule has 2 aromatic carbocycles. The molecule has 184 valence electrons. The molecule has 3 aromatic rings. The molecule has 0 spiro atoms. The Balaban J connectivity index is 1.36. The van der Waals surface area contributed by atoms with E-state index in [-0.39, 0.29) is 18.0 Å². The van der Waals surface area contributed by atoms with E-state index < -0.39 is 0 Å². The monoisotopic (exact) mass is 493 g/mol. The summed E-state index contributed by atoms with van der Waals surface area (Å²) < 4.78 is 5.48. The SMILES string of the molecule is COc1ccccc1N1CCN(C(=O)c2csc(CN(C(=O)Nc3ccccc3)C(C)C)n2)CC1. The molecular formula is C26H31N5O3S. The van der Waals surface area contributed by atoms with Gasteiger partial charge in [0.15, 0.2) is 0 Å². The smallest absolute Gasteiger partial charge is 0.322 e. The molecular weight excluding hydrogens is 462 g/mol. The number of nitrogens with zero attached hydrogens (tertiary/aromatic N) is 4. The van der Waals surface area contributed by atoms with Crippen molar-refractivity contribution in [3.63, 3.8) is 0 Å². The number of piperazine rings is 1. The van der Waals surface area contributed by atoms with E-state index >= 15 is 0 Å². The average molecular weight is 494 g/mol. The number of hydrogen-bond donors (Lipinski definition) is 1. The van der Waals surface area contributed by atoms with Crippen LogP contribution < -0.4 is 15.0 Å². The first-order chi connectivity index (χ1) is 17.0. The number of ether oxygens (including phenoxy) is 1. The maximum Gasteiger partial charge on any atom is 0.322 e. The van der Waals surface area contributed by atoms with Crippen LogP contribution in [0, 0.1) is 0 Å². The minimum Gasteiger partial charge on any atom is -0.495 e. The molecule has 1 saturated heterocycles. The topological polar surface area (TPSA) is 78.0 Å². The lowest BCUT2D eigenvalue weighted by atomic mass is 10.2. The number of urea groups is 1. The predicted octanol–water partition coefficient (Wildman–Crippen LogP) is 4.56. The summed E-state index contributed by atoms with van der Waals surface area (Å²) in [4.78, 5) is 36.3. The summed E-state index contributed by atoms with van der Waals surface area (Å²) in [5, 5.41) is 5.45. The van der Waals surface area contributed by atoms with Gasteiger partial charge < -0.3 is 24.8 Å². The normalized spacial score (nSPS) is 13.6. The number of benzene rings is 2. The van der Waals surface area contributed by atoms with Crippen LogP contribution in [0.5, 0.6) is 5.75 Å². The van der Waals surface area contributed by atoms with Crippen LogP contribution in [-0.4, -0.2) is 66.1 Å². The molecule has 9 heteroatoms. The third-order valence-corrected chi connectivity index (χ3v) is 6.81. The Morgan fingerprint density at radius 3 is 2.43 bits per heavy atom. The summed E-state index contributed by atoms with van der Waals surface area (Å²) in [6, 6.07) is 17.1. The van der Waals surface area contributed by atoms with Crippen LogP contribution in [0.4, 0.5) is 16.2 Å². The van der Waals surface area contributed by atoms with E-state index in [4.69, 9.17) is 4.74 Å². The second-order valence-electron chi connectivity index (χ2n) is 8.60. The molecule has 0 aliphatic carbocycles. The highest BCUT2D eigenvalue weighted by Gasteiger charge is 2.26. The van der Waals surface area contributed by atoms with Gasteiger partial charge in [-0.2, -0.15) is 0 Å². The molecule has 0 bridgehead atoms. The van der Waals surface area contributed by atoms with Crippen LogP contribution in [0.25, 0.3) is 0 Å². The molecule has 1 aliphatic heterocycles. The van der Waals surface area contributed by atoms with Gasteiger partial charge in [0, 0.05) is 43.3 Å². The van der Waals surface area contributed by atoms with E-state index in [1.54, 1.807) is 17.4 Å². The molecule has 1 N–H and O–H groups in total. The molecule has 0 radical (unpaired) electrons. The second-order valence-corrected chi connectivity index (χ2v) is 9.54. The summed E-state index contributed by atoms with van der Waals surface area (Å²) in [7, 11) is 1.67. The molecule has 8 nitrogen and oxygen atoms in total. The van der Waals surface area contributed by atoms with E-state index in [0.717, 1.165) is 35.2 Å². The third-order valence-electron chi connectivity index (χ3n) is 5.98. The van der Waals surface area contributed by atoms with Crippen molar-refractivity contribution in [3.8, 4) is 5.75 Å². The largest absolute Gasteiger partial charge is 0.495 e. The Labute approximate surface area is 210 Å². The van der Waals surface area contributed by atoms with Crippen molar-refractivity contribution >= 4 is 34.6 Å². The summed E-state index contributed by atoms with van der Waals surface area (Å²) in [5.41, 5.74) is 2.22. The summed E-state index contributed by atoms with van der Waals surface area (Å²) in [6.07, 6.45) is 0. The van der Waals surface area contributed by atoms with Crippen LogP contribution in [0.2, 0.25) is 0 Å². The Kier molecular flexibility index (Phi) is 7.87. The molecule has 0 atom stereocenters. The maximum absolute atomic E-state index is 13.1. The van der Waals surface area contributed by atoms with Crippen molar-refractivity contribution < 1.29 is 14.3 Å². The first kappa shape index (κ1) is 24.5. The first-order valence-corrected chi connectivity index (χ1v) is 12.6. The first-order valence-electron chi connectivity index (χ1n) is 11.7. The lowest BCUT2D eigenvalue weighted by Crippen LogP contribution is -2.49. The zero-order valence-electron chi connectivity index (χ0n) is 20.3. The number of carbonyl (C=O) groups excluding carboxylic acids is 2. The molecule has 3 amide bonds. The fraction of sp³-hybridized carbons (Fsp3) is 0.346. The molecule has 0 saturated carbocycles. The van der Waals surface area contributed by atoms with E-state index in [1.807, 2.05) is 73.3 Å². The Morgan fingerprint density at radius 1 is 1.06 bits per heavy atom. The van der Waals surface area contributed by atoms with E-state index in [2.05, 4.69) is 15.2 Å². The summed E-state index contributed by atoms with van der Waals surface area (Å²) in [5.74, 6) is 0.763. The number of aromatic nitrogens is 1. The highest BCUT2D eigenvalue weighted by Crippen LogP contribution is 2.28. The lowest BCUT2D eigenvalue weighted by molar-refractivity contribution is 0.0741. The number of para-hydroxylation sites is 3. The van der Waals surface area contributed by atoms with Gasteiger partial charge in [0.2, 0.25) is 0 Å². The number of anilines is 2. The number of carbonyl (C=O) groups is 2. The van der Waals surface area contributed by atoms with Gasteiger partial charge in [-0.05, 0) is 38.1 Å². The average Bonchev–Trinajstić information content (AvgIpc) is 3.36. The van der Waals surface area contributed by atoms with E-state index in [9.17, 15) is 9.59 Å². The van der Waals surface area contributed by atoms with Crippen molar-refractivity contribution in [2.45, 2.75) is 26.4 Å². The Bertz CT molecular complexity index is 1140. The van der Waals surface area contributed by atoms with Crippen LogP contribution in [0.15, 0.2) is 60.0 Å². The van der Waals surface area contributed by atoms with Gasteiger partial charge in [0.25, 0.3) is 5.91 Å². The molecule has 2 heterocycles.